The number of hydrogen-bond donors (Lipinski definition) is 0. The minimum absolute atomic E-state index is 1.12. The molecule has 1 aromatic heterocycles. The van der Waals surface area contributed by atoms with Crippen molar-refractivity contribution in [2.24, 2.45) is 0 Å². The van der Waals surface area contributed by atoms with Crippen molar-refractivity contribution in [2.75, 3.05) is 0 Å². The monoisotopic (exact) mass is 286 g/mol. The van der Waals surface area contributed by atoms with E-state index in [-0.39, 0.29) is 0 Å². The Morgan fingerprint density at radius 2 is 1.90 bits per heavy atom. The maximum absolute atomic E-state index is 3.30. The summed E-state index contributed by atoms with van der Waals surface area (Å²) in [5.41, 5.74) is 2.87. The molecule has 0 saturated carbocycles. The fourth-order valence-corrected chi connectivity index (χ4v) is 2.76. The van der Waals surface area contributed by atoms with Crippen LogP contribution in [-0.2, 0) is 0 Å². The molecule has 0 aromatic carbocycles. The SMILES string of the molecule is CC.CCCCC1=CC=C(C#Cc2ccc(C)s2)CC1. The maximum Gasteiger partial charge on any atom is 0.0774 e. The summed E-state index contributed by atoms with van der Waals surface area (Å²) in [7, 11) is 0. The molecule has 0 radical (unpaired) electrons. The van der Waals surface area contributed by atoms with E-state index in [9.17, 15) is 0 Å². The van der Waals surface area contributed by atoms with E-state index in [4.69, 9.17) is 0 Å². The minimum Gasteiger partial charge on any atom is -0.132 e. The van der Waals surface area contributed by atoms with Crippen molar-refractivity contribution in [3.05, 3.63) is 45.2 Å². The lowest BCUT2D eigenvalue weighted by Crippen LogP contribution is -1.92. The highest BCUT2D eigenvalue weighted by Gasteiger charge is 2.04. The highest BCUT2D eigenvalue weighted by molar-refractivity contribution is 7.12. The van der Waals surface area contributed by atoms with Gasteiger partial charge in [0.15, 0.2) is 0 Å². The molecule has 1 aromatic rings. The van der Waals surface area contributed by atoms with Gasteiger partial charge < -0.3 is 0 Å². The Balaban J connectivity index is 0.000000956. The van der Waals surface area contributed by atoms with E-state index < -0.39 is 0 Å². The van der Waals surface area contributed by atoms with Gasteiger partial charge in [0.1, 0.15) is 0 Å². The molecule has 0 atom stereocenters. The molecule has 108 valence electrons. The molecule has 2 rings (SSSR count). The lowest BCUT2D eigenvalue weighted by molar-refractivity contribution is 0.746. The summed E-state index contributed by atoms with van der Waals surface area (Å²) in [6, 6.07) is 4.24. The predicted octanol–water partition coefficient (Wildman–Crippen LogP) is 6.27. The molecule has 0 fully saturated rings. The molecule has 0 unspecified atom stereocenters. The normalized spacial score (nSPS) is 13.4. The van der Waals surface area contributed by atoms with Crippen molar-refractivity contribution in [3.8, 4) is 11.8 Å². The third kappa shape index (κ3) is 5.80. The van der Waals surface area contributed by atoms with Gasteiger partial charge in [-0.3, -0.25) is 0 Å². The molecule has 0 spiro atoms. The Bertz CT molecular complexity index is 517. The molecule has 20 heavy (non-hydrogen) atoms. The molecule has 1 aliphatic carbocycles. The Morgan fingerprint density at radius 1 is 1.10 bits per heavy atom. The second-order valence-corrected chi connectivity index (χ2v) is 6.07. The van der Waals surface area contributed by atoms with Crippen LogP contribution in [-0.4, -0.2) is 0 Å². The van der Waals surface area contributed by atoms with Crippen LogP contribution >= 0.6 is 11.3 Å². The van der Waals surface area contributed by atoms with Gasteiger partial charge in [-0.15, -0.1) is 11.3 Å². The van der Waals surface area contributed by atoms with Gasteiger partial charge in [-0.2, -0.15) is 0 Å². The number of unbranched alkanes of at least 4 members (excludes halogenated alkanes) is 1. The molecular weight excluding hydrogens is 260 g/mol. The fourth-order valence-electron chi connectivity index (χ4n) is 2.04. The van der Waals surface area contributed by atoms with E-state index in [2.05, 4.69) is 50.0 Å². The van der Waals surface area contributed by atoms with E-state index in [0.29, 0.717) is 0 Å². The highest BCUT2D eigenvalue weighted by Crippen LogP contribution is 2.22. The first-order chi connectivity index (χ1) is 9.78. The summed E-state index contributed by atoms with van der Waals surface area (Å²) in [5.74, 6) is 6.57. The van der Waals surface area contributed by atoms with Crippen molar-refractivity contribution < 1.29 is 0 Å². The first-order valence-electron chi connectivity index (χ1n) is 7.75. The zero-order chi connectivity index (χ0) is 14.8. The van der Waals surface area contributed by atoms with E-state index in [1.54, 1.807) is 16.9 Å². The van der Waals surface area contributed by atoms with Crippen molar-refractivity contribution >= 4 is 11.3 Å². The third-order valence-corrected chi connectivity index (χ3v) is 4.09. The Morgan fingerprint density at radius 3 is 2.45 bits per heavy atom. The lowest BCUT2D eigenvalue weighted by Gasteiger charge is -2.10. The summed E-state index contributed by atoms with van der Waals surface area (Å²) < 4.78 is 0. The van der Waals surface area contributed by atoms with Crippen molar-refractivity contribution in [1.29, 1.82) is 0 Å². The molecule has 0 aliphatic heterocycles. The Hall–Kier alpha value is -1.26. The number of aryl methyl sites for hydroxylation is 1. The number of rotatable bonds is 3. The van der Waals surface area contributed by atoms with Gasteiger partial charge in [-0.1, -0.05) is 56.8 Å². The molecule has 1 aliphatic rings. The molecule has 0 N–H and O–H groups in total. The highest BCUT2D eigenvalue weighted by atomic mass is 32.1. The first kappa shape index (κ1) is 16.8. The summed E-state index contributed by atoms with van der Waals surface area (Å²) in [5, 5.41) is 0. The van der Waals surface area contributed by atoms with Gasteiger partial charge in [0, 0.05) is 10.5 Å². The predicted molar refractivity (Wildman–Crippen MR) is 92.2 cm³/mol. The van der Waals surface area contributed by atoms with Crippen LogP contribution in [0.25, 0.3) is 0 Å². The van der Waals surface area contributed by atoms with Gasteiger partial charge in [0.05, 0.1) is 4.88 Å². The molecular formula is C19H26S. The van der Waals surface area contributed by atoms with Gasteiger partial charge in [0.2, 0.25) is 0 Å². The van der Waals surface area contributed by atoms with Gasteiger partial charge in [0.25, 0.3) is 0 Å². The summed E-state index contributed by atoms with van der Waals surface area (Å²) >= 11 is 1.77. The smallest absolute Gasteiger partial charge is 0.0774 e. The van der Waals surface area contributed by atoms with E-state index in [1.165, 1.54) is 41.0 Å². The summed E-state index contributed by atoms with van der Waals surface area (Å²) in [6.07, 6.45) is 10.7. The lowest BCUT2D eigenvalue weighted by atomic mass is 9.95. The Labute approximate surface area is 128 Å². The zero-order valence-electron chi connectivity index (χ0n) is 13.3. The molecule has 1 heterocycles. The van der Waals surface area contributed by atoms with E-state index >= 15 is 0 Å². The second kappa shape index (κ2) is 9.61. The van der Waals surface area contributed by atoms with Crippen LogP contribution in [0.3, 0.4) is 0 Å². The molecule has 0 saturated heterocycles. The van der Waals surface area contributed by atoms with E-state index in [1.807, 2.05) is 13.8 Å². The summed E-state index contributed by atoms with van der Waals surface area (Å²) in [4.78, 5) is 2.51. The molecule has 0 nitrogen and oxygen atoms in total. The van der Waals surface area contributed by atoms with Gasteiger partial charge in [-0.05, 0) is 44.7 Å². The zero-order valence-corrected chi connectivity index (χ0v) is 14.1. The van der Waals surface area contributed by atoms with Crippen LogP contribution < -0.4 is 0 Å². The third-order valence-electron chi connectivity index (χ3n) is 3.17. The van der Waals surface area contributed by atoms with E-state index in [0.717, 1.165) is 6.42 Å². The number of allylic oxidation sites excluding steroid dienone is 4. The van der Waals surface area contributed by atoms with Gasteiger partial charge in [-0.25, -0.2) is 0 Å². The molecule has 1 heteroatoms. The van der Waals surface area contributed by atoms with Crippen LogP contribution in [0, 0.1) is 18.8 Å². The maximum atomic E-state index is 3.30. The first-order valence-corrected chi connectivity index (χ1v) is 8.56. The largest absolute Gasteiger partial charge is 0.132 e. The van der Waals surface area contributed by atoms with Crippen molar-refractivity contribution in [2.45, 2.75) is 59.8 Å². The topological polar surface area (TPSA) is 0 Å². The minimum atomic E-state index is 1.12. The second-order valence-electron chi connectivity index (χ2n) is 4.78. The van der Waals surface area contributed by atoms with Crippen LogP contribution in [0.1, 0.15) is 62.6 Å². The van der Waals surface area contributed by atoms with Crippen molar-refractivity contribution in [3.63, 3.8) is 0 Å². The van der Waals surface area contributed by atoms with Crippen LogP contribution in [0.5, 0.6) is 0 Å². The van der Waals surface area contributed by atoms with Crippen LogP contribution in [0.2, 0.25) is 0 Å². The molecule has 0 bridgehead atoms. The standard InChI is InChI=1S/C17H20S.C2H6/c1-3-4-5-15-7-9-16(10-8-15)11-13-17-12-6-14(2)18-17;1-2/h6-7,9,12H,3-5,8,10H2,1-2H3;1-2H3. The van der Waals surface area contributed by atoms with Crippen LogP contribution in [0.15, 0.2) is 35.4 Å². The van der Waals surface area contributed by atoms with Gasteiger partial charge >= 0.3 is 0 Å². The van der Waals surface area contributed by atoms with Crippen molar-refractivity contribution in [1.82, 2.24) is 0 Å². The fraction of sp³-hybridized carbons (Fsp3) is 0.474. The average molecular weight is 286 g/mol. The van der Waals surface area contributed by atoms with Crippen LogP contribution in [0.4, 0.5) is 0 Å². The summed E-state index contributed by atoms with van der Waals surface area (Å²) in [6.45, 7) is 8.37. The quantitative estimate of drug-likeness (QED) is 0.574. The Kier molecular flexibility index (Phi) is 8.07. The number of hydrogen-bond acceptors (Lipinski definition) is 1. The molecule has 0 amide bonds. The number of thiophene rings is 1. The average Bonchev–Trinajstić information content (AvgIpc) is 2.92.